The summed E-state index contributed by atoms with van der Waals surface area (Å²) in [5.41, 5.74) is 0. The second kappa shape index (κ2) is 8.13. The van der Waals surface area contributed by atoms with E-state index in [9.17, 15) is 16.8 Å². The van der Waals surface area contributed by atoms with Crippen molar-refractivity contribution in [2.24, 2.45) is 5.92 Å². The van der Waals surface area contributed by atoms with Gasteiger partial charge in [0.15, 0.2) is 0 Å². The standard InChI is InChI=1S/C16H27N3O4S2/c1-4-17-13-14-8-10-19(11-9-14)25(22,23)16-7-5-6-15(12-16)24(20,21)18(2)3/h5-7,12,14,17H,4,8-11,13H2,1-3H3. The van der Waals surface area contributed by atoms with Gasteiger partial charge in [-0.3, -0.25) is 0 Å². The molecule has 9 heteroatoms. The number of sulfonamides is 2. The first-order valence-corrected chi connectivity index (χ1v) is 11.3. The first kappa shape index (κ1) is 20.3. The molecule has 1 saturated heterocycles. The molecule has 142 valence electrons. The van der Waals surface area contributed by atoms with E-state index in [1.165, 1.54) is 42.7 Å². The van der Waals surface area contributed by atoms with Crippen molar-refractivity contribution < 1.29 is 16.8 Å². The van der Waals surface area contributed by atoms with E-state index in [0.717, 1.165) is 30.2 Å². The third-order valence-corrected chi connectivity index (χ3v) is 8.18. The summed E-state index contributed by atoms with van der Waals surface area (Å²) in [6, 6.07) is 5.59. The molecule has 0 unspecified atom stereocenters. The van der Waals surface area contributed by atoms with Crippen LogP contribution in [0.3, 0.4) is 0 Å². The largest absolute Gasteiger partial charge is 0.317 e. The van der Waals surface area contributed by atoms with Crippen molar-refractivity contribution in [1.82, 2.24) is 13.9 Å². The van der Waals surface area contributed by atoms with Crippen LogP contribution in [0.1, 0.15) is 19.8 Å². The summed E-state index contributed by atoms with van der Waals surface area (Å²) in [6.45, 7) is 4.78. The third kappa shape index (κ3) is 4.59. The Morgan fingerprint density at radius 3 is 2.28 bits per heavy atom. The monoisotopic (exact) mass is 389 g/mol. The lowest BCUT2D eigenvalue weighted by Crippen LogP contribution is -2.40. The fraction of sp³-hybridized carbons (Fsp3) is 0.625. The Morgan fingerprint density at radius 2 is 1.72 bits per heavy atom. The summed E-state index contributed by atoms with van der Waals surface area (Å²) in [5.74, 6) is 0.479. The zero-order valence-corrected chi connectivity index (χ0v) is 16.6. The van der Waals surface area contributed by atoms with Gasteiger partial charge in [0.05, 0.1) is 9.79 Å². The molecular weight excluding hydrogens is 362 g/mol. The molecule has 1 aliphatic heterocycles. The molecule has 0 spiro atoms. The van der Waals surface area contributed by atoms with Crippen LogP contribution in [0.5, 0.6) is 0 Å². The van der Waals surface area contributed by atoms with E-state index in [-0.39, 0.29) is 9.79 Å². The van der Waals surface area contributed by atoms with Crippen molar-refractivity contribution >= 4 is 20.0 Å². The lowest BCUT2D eigenvalue weighted by molar-refractivity contribution is 0.268. The molecule has 1 aromatic rings. The van der Waals surface area contributed by atoms with Crippen LogP contribution in [0, 0.1) is 5.92 Å². The molecule has 7 nitrogen and oxygen atoms in total. The number of rotatable bonds is 7. The van der Waals surface area contributed by atoms with Crippen molar-refractivity contribution in [2.75, 3.05) is 40.3 Å². The fourth-order valence-corrected chi connectivity index (χ4v) is 5.40. The van der Waals surface area contributed by atoms with Gasteiger partial charge in [0.25, 0.3) is 0 Å². The van der Waals surface area contributed by atoms with Crippen LogP contribution in [-0.4, -0.2) is 65.7 Å². The number of hydrogen-bond acceptors (Lipinski definition) is 5. The van der Waals surface area contributed by atoms with Crippen molar-refractivity contribution in [1.29, 1.82) is 0 Å². The molecular formula is C16H27N3O4S2. The summed E-state index contributed by atoms with van der Waals surface area (Å²) in [5, 5.41) is 3.30. The Bertz CT molecular complexity index is 783. The van der Waals surface area contributed by atoms with Gasteiger partial charge >= 0.3 is 0 Å². The van der Waals surface area contributed by atoms with E-state index in [0.29, 0.717) is 19.0 Å². The molecule has 2 rings (SSSR count). The summed E-state index contributed by atoms with van der Waals surface area (Å²) >= 11 is 0. The second-order valence-electron chi connectivity index (χ2n) is 6.42. The third-order valence-electron chi connectivity index (χ3n) is 4.48. The molecule has 1 fully saturated rings. The van der Waals surface area contributed by atoms with Crippen molar-refractivity contribution in [3.8, 4) is 0 Å². The predicted octanol–water partition coefficient (Wildman–Crippen LogP) is 0.947. The van der Waals surface area contributed by atoms with Gasteiger partial charge in [-0.25, -0.2) is 21.1 Å². The van der Waals surface area contributed by atoms with Gasteiger partial charge in [-0.05, 0) is 50.0 Å². The lowest BCUT2D eigenvalue weighted by Gasteiger charge is -2.31. The molecule has 0 amide bonds. The van der Waals surface area contributed by atoms with Crippen LogP contribution in [0.4, 0.5) is 0 Å². The number of nitrogens with one attached hydrogen (secondary N) is 1. The van der Waals surface area contributed by atoms with Crippen LogP contribution >= 0.6 is 0 Å². The Kier molecular flexibility index (Phi) is 6.61. The van der Waals surface area contributed by atoms with Gasteiger partial charge in [-0.2, -0.15) is 4.31 Å². The Morgan fingerprint density at radius 1 is 1.12 bits per heavy atom. The first-order chi connectivity index (χ1) is 11.7. The molecule has 0 aromatic heterocycles. The Labute approximate surface area is 151 Å². The number of piperidine rings is 1. The zero-order chi connectivity index (χ0) is 18.7. The Hall–Kier alpha value is -1.00. The van der Waals surface area contributed by atoms with Crippen LogP contribution in [-0.2, 0) is 20.0 Å². The molecule has 0 saturated carbocycles. The van der Waals surface area contributed by atoms with Crippen molar-refractivity contribution in [3.05, 3.63) is 24.3 Å². The Balaban J connectivity index is 2.18. The van der Waals surface area contributed by atoms with Crippen LogP contribution in [0.2, 0.25) is 0 Å². The second-order valence-corrected chi connectivity index (χ2v) is 10.5. The zero-order valence-electron chi connectivity index (χ0n) is 15.0. The fourth-order valence-electron chi connectivity index (χ4n) is 2.86. The van der Waals surface area contributed by atoms with E-state index in [1.54, 1.807) is 0 Å². The lowest BCUT2D eigenvalue weighted by atomic mass is 9.98. The van der Waals surface area contributed by atoms with Crippen molar-refractivity contribution in [2.45, 2.75) is 29.6 Å². The van der Waals surface area contributed by atoms with Gasteiger partial charge < -0.3 is 5.32 Å². The molecule has 0 atom stereocenters. The van der Waals surface area contributed by atoms with Gasteiger partial charge in [0.2, 0.25) is 20.0 Å². The molecule has 0 bridgehead atoms. The highest BCUT2D eigenvalue weighted by Crippen LogP contribution is 2.25. The molecule has 0 aliphatic carbocycles. The summed E-state index contributed by atoms with van der Waals surface area (Å²) in [7, 11) is -4.51. The van der Waals surface area contributed by atoms with Gasteiger partial charge in [-0.1, -0.05) is 13.0 Å². The number of nitrogens with zero attached hydrogens (tertiary/aromatic N) is 2. The SMILES string of the molecule is CCNCC1CCN(S(=O)(=O)c2cccc(S(=O)(=O)N(C)C)c2)CC1. The van der Waals surface area contributed by atoms with Gasteiger partial charge in [0.1, 0.15) is 0 Å². The van der Waals surface area contributed by atoms with Crippen molar-refractivity contribution in [3.63, 3.8) is 0 Å². The minimum Gasteiger partial charge on any atom is -0.317 e. The predicted molar refractivity (Wildman–Crippen MR) is 97.3 cm³/mol. The highest BCUT2D eigenvalue weighted by atomic mass is 32.2. The maximum absolute atomic E-state index is 12.9. The maximum atomic E-state index is 12.9. The van der Waals surface area contributed by atoms with Crippen LogP contribution in [0.15, 0.2) is 34.1 Å². The summed E-state index contributed by atoms with van der Waals surface area (Å²) in [4.78, 5) is 0.0150. The van der Waals surface area contributed by atoms with Crippen LogP contribution in [0.25, 0.3) is 0 Å². The van der Waals surface area contributed by atoms with Gasteiger partial charge in [-0.15, -0.1) is 0 Å². The first-order valence-electron chi connectivity index (χ1n) is 8.43. The summed E-state index contributed by atoms with van der Waals surface area (Å²) < 4.78 is 52.7. The van der Waals surface area contributed by atoms with Crippen LogP contribution < -0.4 is 5.32 Å². The molecule has 1 N–H and O–H groups in total. The average molecular weight is 390 g/mol. The minimum atomic E-state index is -3.68. The number of hydrogen-bond donors (Lipinski definition) is 1. The minimum absolute atomic E-state index is 0.0133. The number of benzene rings is 1. The van der Waals surface area contributed by atoms with E-state index in [2.05, 4.69) is 5.32 Å². The summed E-state index contributed by atoms with van der Waals surface area (Å²) in [6.07, 6.45) is 1.61. The molecule has 25 heavy (non-hydrogen) atoms. The quantitative estimate of drug-likeness (QED) is 0.750. The van der Waals surface area contributed by atoms with E-state index >= 15 is 0 Å². The smallest absolute Gasteiger partial charge is 0.243 e. The molecule has 1 heterocycles. The normalized spacial score (nSPS) is 17.9. The topological polar surface area (TPSA) is 86.8 Å². The molecule has 1 aromatic carbocycles. The average Bonchev–Trinajstić information content (AvgIpc) is 2.60. The van der Waals surface area contributed by atoms with E-state index in [1.807, 2.05) is 6.92 Å². The highest BCUT2D eigenvalue weighted by molar-refractivity contribution is 7.90. The van der Waals surface area contributed by atoms with E-state index < -0.39 is 20.0 Å². The molecule has 1 aliphatic rings. The van der Waals surface area contributed by atoms with E-state index in [4.69, 9.17) is 0 Å². The molecule has 0 radical (unpaired) electrons. The highest BCUT2D eigenvalue weighted by Gasteiger charge is 2.30. The van der Waals surface area contributed by atoms with Gasteiger partial charge in [0, 0.05) is 27.2 Å². The maximum Gasteiger partial charge on any atom is 0.243 e.